The number of hydrogen-bond donors (Lipinski definition) is 1. The van der Waals surface area contributed by atoms with E-state index in [-0.39, 0.29) is 11.8 Å². The smallest absolute Gasteiger partial charge is 0.150 e. The number of Topliss-reactive ketones (excluding diaryl/α,β-unsaturated/α-hetero) is 1. The van der Waals surface area contributed by atoms with Crippen LogP contribution in [0.5, 0.6) is 0 Å². The molecule has 0 heterocycles. The highest BCUT2D eigenvalue weighted by molar-refractivity contribution is 5.84. The van der Waals surface area contributed by atoms with Gasteiger partial charge in [-0.3, -0.25) is 4.79 Å². The Morgan fingerprint density at radius 1 is 1.44 bits per heavy atom. The first-order chi connectivity index (χ1) is 8.72. The highest BCUT2D eigenvalue weighted by Crippen LogP contribution is 2.34. The lowest BCUT2D eigenvalue weighted by atomic mass is 9.79. The number of fused-ring (bicyclic) bond motifs is 1. The first kappa shape index (κ1) is 13.3. The van der Waals surface area contributed by atoms with Gasteiger partial charge < -0.3 is 5.73 Å². The predicted octanol–water partition coefficient (Wildman–Crippen LogP) is 3.19. The van der Waals surface area contributed by atoms with Crippen LogP contribution in [0.4, 0.5) is 0 Å². The predicted molar refractivity (Wildman–Crippen MR) is 74.6 cm³/mol. The van der Waals surface area contributed by atoms with Gasteiger partial charge in [-0.05, 0) is 42.7 Å². The topological polar surface area (TPSA) is 43.1 Å². The van der Waals surface area contributed by atoms with E-state index in [4.69, 9.17) is 5.73 Å². The van der Waals surface area contributed by atoms with Gasteiger partial charge >= 0.3 is 0 Å². The van der Waals surface area contributed by atoms with Crippen LogP contribution >= 0.6 is 0 Å². The summed E-state index contributed by atoms with van der Waals surface area (Å²) < 4.78 is 0. The van der Waals surface area contributed by atoms with Gasteiger partial charge in [0, 0.05) is 6.42 Å². The Morgan fingerprint density at radius 3 is 3.00 bits per heavy atom. The zero-order valence-corrected chi connectivity index (χ0v) is 11.2. The molecule has 1 aliphatic carbocycles. The minimum absolute atomic E-state index is 0.235. The minimum Gasteiger partial charge on any atom is -0.322 e. The zero-order chi connectivity index (χ0) is 13.0. The van der Waals surface area contributed by atoms with Crippen LogP contribution in [0.1, 0.15) is 56.1 Å². The summed E-state index contributed by atoms with van der Waals surface area (Å²) in [5, 5.41) is 0. The summed E-state index contributed by atoms with van der Waals surface area (Å²) in [7, 11) is 0. The van der Waals surface area contributed by atoms with Crippen molar-refractivity contribution in [2.75, 3.05) is 0 Å². The number of carbonyl (C=O) groups is 1. The van der Waals surface area contributed by atoms with Gasteiger partial charge in [0.25, 0.3) is 0 Å². The van der Waals surface area contributed by atoms with Crippen molar-refractivity contribution in [1.29, 1.82) is 0 Å². The molecule has 2 rings (SSSR count). The largest absolute Gasteiger partial charge is 0.322 e. The summed E-state index contributed by atoms with van der Waals surface area (Å²) in [6.07, 6.45) is 5.89. The molecule has 0 saturated heterocycles. The summed E-state index contributed by atoms with van der Waals surface area (Å²) in [4.78, 5) is 12.1. The fraction of sp³-hybridized carbons (Fsp3) is 0.562. The van der Waals surface area contributed by atoms with Gasteiger partial charge in [-0.2, -0.15) is 0 Å². The lowest BCUT2D eigenvalue weighted by molar-refractivity contribution is -0.120. The summed E-state index contributed by atoms with van der Waals surface area (Å²) >= 11 is 0. The Bertz CT molecular complexity index is 413. The maximum atomic E-state index is 12.1. The van der Waals surface area contributed by atoms with Crippen molar-refractivity contribution in [2.45, 2.75) is 57.4 Å². The van der Waals surface area contributed by atoms with Crippen LogP contribution in [0.2, 0.25) is 0 Å². The van der Waals surface area contributed by atoms with Gasteiger partial charge in [0.05, 0.1) is 6.04 Å². The molecule has 0 spiro atoms. The van der Waals surface area contributed by atoms with E-state index in [0.29, 0.717) is 12.3 Å². The molecule has 2 N–H and O–H groups in total. The van der Waals surface area contributed by atoms with Crippen LogP contribution in [0.3, 0.4) is 0 Å². The van der Waals surface area contributed by atoms with E-state index >= 15 is 0 Å². The second-order valence-corrected chi connectivity index (χ2v) is 5.35. The third-order valence-electron chi connectivity index (χ3n) is 3.95. The Kier molecular flexibility index (Phi) is 4.54. The first-order valence-electron chi connectivity index (χ1n) is 7.08. The summed E-state index contributed by atoms with van der Waals surface area (Å²) in [5.74, 6) is 0.629. The molecule has 2 unspecified atom stereocenters. The van der Waals surface area contributed by atoms with Gasteiger partial charge in [0.15, 0.2) is 0 Å². The molecule has 1 aromatic carbocycles. The fourth-order valence-corrected chi connectivity index (χ4v) is 2.93. The molecule has 2 heteroatoms. The van der Waals surface area contributed by atoms with Crippen molar-refractivity contribution in [3.05, 3.63) is 35.4 Å². The number of benzene rings is 1. The van der Waals surface area contributed by atoms with E-state index in [2.05, 4.69) is 31.2 Å². The lowest BCUT2D eigenvalue weighted by Gasteiger charge is -2.25. The Balaban J connectivity index is 2.05. The molecule has 0 fully saturated rings. The number of aryl methyl sites for hydroxylation is 1. The van der Waals surface area contributed by atoms with E-state index in [9.17, 15) is 4.79 Å². The van der Waals surface area contributed by atoms with Crippen LogP contribution in [0.25, 0.3) is 0 Å². The van der Waals surface area contributed by atoms with Gasteiger partial charge in [0.1, 0.15) is 5.78 Å². The average molecular weight is 245 g/mol. The van der Waals surface area contributed by atoms with Crippen LogP contribution in [-0.4, -0.2) is 11.8 Å². The van der Waals surface area contributed by atoms with Gasteiger partial charge in [-0.25, -0.2) is 0 Å². The van der Waals surface area contributed by atoms with Crippen LogP contribution < -0.4 is 5.73 Å². The molecule has 0 bridgehead atoms. The van der Waals surface area contributed by atoms with Crippen LogP contribution in [0.15, 0.2) is 24.3 Å². The van der Waals surface area contributed by atoms with Crippen molar-refractivity contribution in [1.82, 2.24) is 0 Å². The Labute approximate surface area is 110 Å². The number of rotatable bonds is 5. The number of ketones is 1. The molecular weight excluding hydrogens is 222 g/mol. The highest BCUT2D eigenvalue weighted by Gasteiger charge is 2.24. The molecule has 98 valence electrons. The first-order valence-corrected chi connectivity index (χ1v) is 7.08. The molecule has 0 radical (unpaired) electrons. The van der Waals surface area contributed by atoms with Crippen LogP contribution in [0, 0.1) is 0 Å². The van der Waals surface area contributed by atoms with Crippen LogP contribution in [-0.2, 0) is 11.2 Å². The lowest BCUT2D eigenvalue weighted by Crippen LogP contribution is -2.31. The van der Waals surface area contributed by atoms with Crippen molar-refractivity contribution in [2.24, 2.45) is 5.73 Å². The number of carbonyl (C=O) groups excluding carboxylic acids is 1. The van der Waals surface area contributed by atoms with Crippen molar-refractivity contribution in [3.63, 3.8) is 0 Å². The molecule has 0 aromatic heterocycles. The van der Waals surface area contributed by atoms with Crippen molar-refractivity contribution >= 4 is 5.78 Å². The van der Waals surface area contributed by atoms with E-state index in [1.54, 1.807) is 0 Å². The molecule has 1 aliphatic rings. The van der Waals surface area contributed by atoms with Crippen molar-refractivity contribution < 1.29 is 4.79 Å². The molecular formula is C16H23NO. The average Bonchev–Trinajstić information content (AvgIpc) is 2.39. The monoisotopic (exact) mass is 245 g/mol. The maximum absolute atomic E-state index is 12.1. The highest BCUT2D eigenvalue weighted by atomic mass is 16.1. The summed E-state index contributed by atoms with van der Waals surface area (Å²) in [6, 6.07) is 8.28. The van der Waals surface area contributed by atoms with Gasteiger partial charge in [-0.1, -0.05) is 37.6 Å². The van der Waals surface area contributed by atoms with E-state index < -0.39 is 0 Å². The molecule has 0 amide bonds. The fourth-order valence-electron chi connectivity index (χ4n) is 2.93. The third kappa shape index (κ3) is 2.99. The van der Waals surface area contributed by atoms with Crippen molar-refractivity contribution in [3.8, 4) is 0 Å². The Morgan fingerprint density at radius 2 is 2.22 bits per heavy atom. The van der Waals surface area contributed by atoms with E-state index in [1.807, 2.05) is 0 Å². The number of hydrogen-bond acceptors (Lipinski definition) is 2. The summed E-state index contributed by atoms with van der Waals surface area (Å²) in [5.41, 5.74) is 8.71. The Hall–Kier alpha value is -1.15. The van der Waals surface area contributed by atoms with E-state index in [0.717, 1.165) is 25.7 Å². The SMILES string of the molecule is CCCC(N)C(=O)CC1CCCc2ccccc21. The second kappa shape index (κ2) is 6.14. The number of nitrogens with two attached hydrogens (primary N) is 1. The summed E-state index contributed by atoms with van der Waals surface area (Å²) in [6.45, 7) is 2.07. The quantitative estimate of drug-likeness (QED) is 0.865. The minimum atomic E-state index is -0.260. The van der Waals surface area contributed by atoms with Gasteiger partial charge in [0.2, 0.25) is 0 Å². The molecule has 0 saturated carbocycles. The molecule has 1 aromatic rings. The molecule has 2 nitrogen and oxygen atoms in total. The van der Waals surface area contributed by atoms with E-state index in [1.165, 1.54) is 17.5 Å². The molecule has 18 heavy (non-hydrogen) atoms. The maximum Gasteiger partial charge on any atom is 0.150 e. The zero-order valence-electron chi connectivity index (χ0n) is 11.2. The second-order valence-electron chi connectivity index (χ2n) is 5.35. The molecule has 0 aliphatic heterocycles. The molecule has 2 atom stereocenters. The third-order valence-corrected chi connectivity index (χ3v) is 3.95. The standard InChI is InChI=1S/C16H23NO/c1-2-6-15(17)16(18)11-13-9-5-8-12-7-3-4-10-14(12)13/h3-4,7,10,13,15H,2,5-6,8-9,11,17H2,1H3. The van der Waals surface area contributed by atoms with Gasteiger partial charge in [-0.15, -0.1) is 0 Å². The normalized spacial score (nSPS) is 20.2.